The molecule has 0 spiro atoms. The molecule has 0 amide bonds. The SMILES string of the molecule is CCNC(=NCc1cc(C(C)C)no1)NCCOc1ccc(Br)cc1.I. The molecule has 0 atom stereocenters. The van der Waals surface area contributed by atoms with Crippen LogP contribution in [0.4, 0.5) is 0 Å². The minimum absolute atomic E-state index is 0. The average molecular weight is 537 g/mol. The number of rotatable bonds is 8. The standard InChI is InChI=1S/C18H25BrN4O2.HI/c1-4-20-18(22-12-16-11-17(13(2)3)23-25-16)21-9-10-24-15-7-5-14(19)6-8-15;/h5-8,11,13H,4,9-10,12H2,1-3H3,(H2,20,21,22);1H. The lowest BCUT2D eigenvalue weighted by Gasteiger charge is -2.11. The van der Waals surface area contributed by atoms with E-state index in [9.17, 15) is 0 Å². The maximum atomic E-state index is 5.69. The topological polar surface area (TPSA) is 71.7 Å². The lowest BCUT2D eigenvalue weighted by molar-refractivity contribution is 0.322. The monoisotopic (exact) mass is 536 g/mol. The molecule has 8 heteroatoms. The van der Waals surface area contributed by atoms with Crippen LogP contribution in [0, 0.1) is 0 Å². The third-order valence-corrected chi connectivity index (χ3v) is 3.91. The fraction of sp³-hybridized carbons (Fsp3) is 0.444. The Morgan fingerprint density at radius 1 is 1.27 bits per heavy atom. The molecule has 0 aliphatic carbocycles. The molecule has 2 N–H and O–H groups in total. The highest BCUT2D eigenvalue weighted by Crippen LogP contribution is 2.16. The van der Waals surface area contributed by atoms with Crippen molar-refractivity contribution < 1.29 is 9.26 Å². The summed E-state index contributed by atoms with van der Waals surface area (Å²) in [5.74, 6) is 2.68. The van der Waals surface area contributed by atoms with Gasteiger partial charge in [-0.05, 0) is 37.1 Å². The number of aliphatic imine (C=N–C) groups is 1. The molecule has 0 saturated heterocycles. The van der Waals surface area contributed by atoms with Crippen molar-refractivity contribution in [2.24, 2.45) is 4.99 Å². The fourth-order valence-corrected chi connectivity index (χ4v) is 2.31. The summed E-state index contributed by atoms with van der Waals surface area (Å²) in [6.45, 7) is 8.63. The highest BCUT2D eigenvalue weighted by atomic mass is 127. The molecular formula is C18H26BrIN4O2. The Morgan fingerprint density at radius 2 is 2.00 bits per heavy atom. The second-order valence-electron chi connectivity index (χ2n) is 5.80. The van der Waals surface area contributed by atoms with E-state index in [1.165, 1.54) is 0 Å². The van der Waals surface area contributed by atoms with Crippen LogP contribution in [0.2, 0.25) is 0 Å². The van der Waals surface area contributed by atoms with Crippen LogP contribution in [0.15, 0.2) is 44.3 Å². The van der Waals surface area contributed by atoms with E-state index in [4.69, 9.17) is 9.26 Å². The van der Waals surface area contributed by atoms with Crippen LogP contribution in [-0.2, 0) is 6.54 Å². The summed E-state index contributed by atoms with van der Waals surface area (Å²) < 4.78 is 12.0. The molecular weight excluding hydrogens is 511 g/mol. The zero-order valence-corrected chi connectivity index (χ0v) is 19.2. The van der Waals surface area contributed by atoms with Crippen LogP contribution in [0.3, 0.4) is 0 Å². The Morgan fingerprint density at radius 3 is 2.62 bits per heavy atom. The molecule has 2 aromatic rings. The second kappa shape index (κ2) is 12.2. The number of ether oxygens (including phenoxy) is 1. The first-order valence-corrected chi connectivity index (χ1v) is 9.23. The van der Waals surface area contributed by atoms with E-state index < -0.39 is 0 Å². The molecule has 0 unspecified atom stereocenters. The Balaban J connectivity index is 0.00000338. The Hall–Kier alpha value is -1.29. The molecule has 0 bridgehead atoms. The Kier molecular flexibility index (Phi) is 10.6. The van der Waals surface area contributed by atoms with Crippen molar-refractivity contribution in [1.82, 2.24) is 15.8 Å². The van der Waals surface area contributed by atoms with Gasteiger partial charge >= 0.3 is 0 Å². The Bertz CT molecular complexity index is 674. The van der Waals surface area contributed by atoms with Crippen LogP contribution < -0.4 is 15.4 Å². The zero-order valence-electron chi connectivity index (χ0n) is 15.3. The van der Waals surface area contributed by atoms with Crippen LogP contribution in [0.5, 0.6) is 5.75 Å². The quantitative estimate of drug-likeness (QED) is 0.228. The molecule has 0 aliphatic rings. The van der Waals surface area contributed by atoms with Gasteiger partial charge in [-0.25, -0.2) is 4.99 Å². The largest absolute Gasteiger partial charge is 0.492 e. The van der Waals surface area contributed by atoms with Gasteiger partial charge < -0.3 is 19.9 Å². The number of aromatic nitrogens is 1. The first kappa shape index (κ1) is 22.8. The minimum atomic E-state index is 0. The van der Waals surface area contributed by atoms with Crippen LogP contribution in [0.25, 0.3) is 0 Å². The van der Waals surface area contributed by atoms with Gasteiger partial charge in [0, 0.05) is 17.1 Å². The highest BCUT2D eigenvalue weighted by molar-refractivity contribution is 14.0. The first-order chi connectivity index (χ1) is 12.1. The molecule has 1 aromatic carbocycles. The van der Waals surface area contributed by atoms with Crippen LogP contribution in [-0.4, -0.2) is 30.8 Å². The van der Waals surface area contributed by atoms with E-state index in [0.29, 0.717) is 25.6 Å². The number of nitrogens with zero attached hydrogens (tertiary/aromatic N) is 2. The van der Waals surface area contributed by atoms with E-state index in [1.807, 2.05) is 37.3 Å². The number of guanidine groups is 1. The number of hydrogen-bond acceptors (Lipinski definition) is 4. The molecule has 1 aromatic heterocycles. The van der Waals surface area contributed by atoms with Crippen molar-refractivity contribution in [3.63, 3.8) is 0 Å². The van der Waals surface area contributed by atoms with Crippen molar-refractivity contribution in [2.75, 3.05) is 19.7 Å². The fourth-order valence-electron chi connectivity index (χ4n) is 2.04. The highest BCUT2D eigenvalue weighted by Gasteiger charge is 2.07. The van der Waals surface area contributed by atoms with Crippen molar-refractivity contribution in [2.45, 2.75) is 33.2 Å². The Labute approximate surface area is 180 Å². The summed E-state index contributed by atoms with van der Waals surface area (Å²) >= 11 is 3.41. The number of benzene rings is 1. The molecule has 0 saturated carbocycles. The predicted molar refractivity (Wildman–Crippen MR) is 118 cm³/mol. The van der Waals surface area contributed by atoms with Crippen LogP contribution >= 0.6 is 39.9 Å². The van der Waals surface area contributed by atoms with E-state index in [1.54, 1.807) is 0 Å². The van der Waals surface area contributed by atoms with Gasteiger partial charge in [0.1, 0.15) is 18.9 Å². The van der Waals surface area contributed by atoms with Gasteiger partial charge in [-0.2, -0.15) is 0 Å². The zero-order chi connectivity index (χ0) is 18.1. The van der Waals surface area contributed by atoms with E-state index in [-0.39, 0.29) is 24.0 Å². The van der Waals surface area contributed by atoms with Gasteiger partial charge in [0.2, 0.25) is 0 Å². The summed E-state index contributed by atoms with van der Waals surface area (Å²) in [6, 6.07) is 9.72. The van der Waals surface area contributed by atoms with Gasteiger partial charge in [0.25, 0.3) is 0 Å². The lowest BCUT2D eigenvalue weighted by Crippen LogP contribution is -2.39. The van der Waals surface area contributed by atoms with E-state index in [0.717, 1.165) is 34.2 Å². The maximum Gasteiger partial charge on any atom is 0.191 e. The van der Waals surface area contributed by atoms with Crippen molar-refractivity contribution in [3.8, 4) is 5.75 Å². The van der Waals surface area contributed by atoms with Gasteiger partial charge in [-0.1, -0.05) is 34.9 Å². The molecule has 26 heavy (non-hydrogen) atoms. The molecule has 2 rings (SSSR count). The predicted octanol–water partition coefficient (Wildman–Crippen LogP) is 4.31. The molecule has 1 heterocycles. The molecule has 144 valence electrons. The van der Waals surface area contributed by atoms with Crippen molar-refractivity contribution in [3.05, 3.63) is 46.3 Å². The van der Waals surface area contributed by atoms with Gasteiger partial charge in [0.05, 0.1) is 12.2 Å². The summed E-state index contributed by atoms with van der Waals surface area (Å²) in [5.41, 5.74) is 0.950. The van der Waals surface area contributed by atoms with E-state index >= 15 is 0 Å². The summed E-state index contributed by atoms with van der Waals surface area (Å²) in [6.07, 6.45) is 0. The maximum absolute atomic E-state index is 5.69. The van der Waals surface area contributed by atoms with Gasteiger partial charge in [-0.15, -0.1) is 24.0 Å². The molecule has 0 radical (unpaired) electrons. The molecule has 6 nitrogen and oxygen atoms in total. The summed E-state index contributed by atoms with van der Waals surface area (Å²) in [7, 11) is 0. The van der Waals surface area contributed by atoms with E-state index in [2.05, 4.69) is 50.6 Å². The normalized spacial score (nSPS) is 11.2. The first-order valence-electron chi connectivity index (χ1n) is 8.44. The number of hydrogen-bond donors (Lipinski definition) is 2. The average Bonchev–Trinajstić information content (AvgIpc) is 3.07. The van der Waals surface area contributed by atoms with Crippen molar-refractivity contribution in [1.29, 1.82) is 0 Å². The smallest absolute Gasteiger partial charge is 0.191 e. The van der Waals surface area contributed by atoms with Crippen LogP contribution in [0.1, 0.15) is 38.1 Å². The summed E-state index contributed by atoms with van der Waals surface area (Å²) in [5, 5.41) is 10.5. The number of halogens is 2. The third-order valence-electron chi connectivity index (χ3n) is 3.38. The lowest BCUT2D eigenvalue weighted by atomic mass is 10.1. The second-order valence-corrected chi connectivity index (χ2v) is 6.71. The van der Waals surface area contributed by atoms with Gasteiger partial charge in [-0.3, -0.25) is 0 Å². The third kappa shape index (κ3) is 7.94. The number of nitrogens with one attached hydrogen (secondary N) is 2. The van der Waals surface area contributed by atoms with Gasteiger partial charge in [0.15, 0.2) is 11.7 Å². The summed E-state index contributed by atoms with van der Waals surface area (Å²) in [4.78, 5) is 4.51. The molecule has 0 aliphatic heterocycles. The minimum Gasteiger partial charge on any atom is -0.492 e. The van der Waals surface area contributed by atoms with Crippen molar-refractivity contribution >= 4 is 45.9 Å². The molecule has 0 fully saturated rings.